The minimum atomic E-state index is -0.227. The predicted octanol–water partition coefficient (Wildman–Crippen LogP) is 4.44. The van der Waals surface area contributed by atoms with Crippen molar-refractivity contribution >= 4 is 5.57 Å². The molecule has 116 valence electrons. The average molecular weight is 290 g/mol. The van der Waals surface area contributed by atoms with Crippen molar-refractivity contribution in [3.63, 3.8) is 0 Å². The maximum atomic E-state index is 5.64. The molecule has 0 bridgehead atoms. The molecule has 1 atom stereocenters. The van der Waals surface area contributed by atoms with Crippen molar-refractivity contribution in [3.05, 3.63) is 48.6 Å². The van der Waals surface area contributed by atoms with Gasteiger partial charge in [-0.25, -0.2) is 0 Å². The zero-order valence-electron chi connectivity index (χ0n) is 13.3. The molecule has 0 saturated carbocycles. The maximum absolute atomic E-state index is 5.64. The summed E-state index contributed by atoms with van der Waals surface area (Å²) in [7, 11) is 1.65. The monoisotopic (exact) mass is 290 g/mol. The molecule has 0 radical (unpaired) electrons. The van der Waals surface area contributed by atoms with Crippen molar-refractivity contribution in [3.8, 4) is 5.75 Å². The van der Waals surface area contributed by atoms with Crippen molar-refractivity contribution in [1.29, 1.82) is 0 Å². The van der Waals surface area contributed by atoms with Crippen LogP contribution in [0.5, 0.6) is 5.75 Å². The van der Waals surface area contributed by atoms with Crippen LogP contribution in [0.4, 0.5) is 0 Å². The Morgan fingerprint density at radius 1 is 1.19 bits per heavy atom. The fourth-order valence-corrected chi connectivity index (χ4v) is 1.76. The molecule has 0 spiro atoms. The first-order chi connectivity index (χ1) is 10.2. The molecule has 1 rings (SSSR count). The topological polar surface area (TPSA) is 27.7 Å². The van der Waals surface area contributed by atoms with Gasteiger partial charge in [-0.2, -0.15) is 0 Å². The molecule has 0 heterocycles. The van der Waals surface area contributed by atoms with E-state index >= 15 is 0 Å². The predicted molar refractivity (Wildman–Crippen MR) is 87.4 cm³/mol. The average Bonchev–Trinajstić information content (AvgIpc) is 2.52. The van der Waals surface area contributed by atoms with Crippen molar-refractivity contribution < 1.29 is 14.2 Å². The molecule has 0 saturated heterocycles. The van der Waals surface area contributed by atoms with Gasteiger partial charge in [0.25, 0.3) is 0 Å². The smallest absolute Gasteiger partial charge is 0.155 e. The van der Waals surface area contributed by atoms with Gasteiger partial charge in [0.1, 0.15) is 5.75 Å². The molecule has 0 aromatic heterocycles. The van der Waals surface area contributed by atoms with Crippen molar-refractivity contribution in [2.75, 3.05) is 20.3 Å². The quantitative estimate of drug-likeness (QED) is 0.362. The van der Waals surface area contributed by atoms with E-state index in [-0.39, 0.29) is 6.29 Å². The van der Waals surface area contributed by atoms with Crippen LogP contribution in [0.1, 0.15) is 32.3 Å². The molecular formula is C18H26O3. The normalized spacial score (nSPS) is 12.5. The van der Waals surface area contributed by atoms with E-state index in [0.717, 1.165) is 29.7 Å². The Balaban J connectivity index is 2.26. The van der Waals surface area contributed by atoms with E-state index in [1.165, 1.54) is 0 Å². The van der Waals surface area contributed by atoms with Gasteiger partial charge in [0.15, 0.2) is 6.29 Å². The highest BCUT2D eigenvalue weighted by Gasteiger charge is 2.05. The van der Waals surface area contributed by atoms with Crippen LogP contribution in [0, 0.1) is 0 Å². The molecule has 0 aliphatic rings. The molecule has 1 aromatic rings. The Morgan fingerprint density at radius 3 is 2.52 bits per heavy atom. The third kappa shape index (κ3) is 7.11. The summed E-state index contributed by atoms with van der Waals surface area (Å²) >= 11 is 0. The van der Waals surface area contributed by atoms with Crippen LogP contribution in [0.2, 0.25) is 0 Å². The van der Waals surface area contributed by atoms with Crippen LogP contribution in [-0.2, 0) is 9.47 Å². The number of hydrogen-bond donors (Lipinski definition) is 0. The Morgan fingerprint density at radius 2 is 1.90 bits per heavy atom. The van der Waals surface area contributed by atoms with Gasteiger partial charge in [-0.3, -0.25) is 0 Å². The summed E-state index contributed by atoms with van der Waals surface area (Å²) in [6.45, 7) is 9.20. The van der Waals surface area contributed by atoms with Gasteiger partial charge in [0.2, 0.25) is 0 Å². The van der Waals surface area contributed by atoms with Gasteiger partial charge in [-0.05, 0) is 43.0 Å². The number of hydrogen-bond acceptors (Lipinski definition) is 3. The van der Waals surface area contributed by atoms with E-state index in [0.29, 0.717) is 13.2 Å². The van der Waals surface area contributed by atoms with Crippen molar-refractivity contribution in [2.24, 2.45) is 0 Å². The van der Waals surface area contributed by atoms with Gasteiger partial charge >= 0.3 is 0 Å². The van der Waals surface area contributed by atoms with Gasteiger partial charge in [0, 0.05) is 0 Å². The summed E-state index contributed by atoms with van der Waals surface area (Å²) in [5.74, 6) is 0.837. The molecule has 3 nitrogen and oxygen atoms in total. The van der Waals surface area contributed by atoms with Crippen LogP contribution in [0.3, 0.4) is 0 Å². The van der Waals surface area contributed by atoms with Crippen LogP contribution in [0.15, 0.2) is 43.0 Å². The Kier molecular flexibility index (Phi) is 8.48. The van der Waals surface area contributed by atoms with Gasteiger partial charge in [-0.1, -0.05) is 37.8 Å². The molecule has 0 N–H and O–H groups in total. The zero-order chi connectivity index (χ0) is 15.5. The highest BCUT2D eigenvalue weighted by molar-refractivity contribution is 5.64. The van der Waals surface area contributed by atoms with E-state index < -0.39 is 0 Å². The minimum Gasteiger partial charge on any atom is -0.497 e. The minimum absolute atomic E-state index is 0.227. The number of benzene rings is 1. The molecule has 21 heavy (non-hydrogen) atoms. The van der Waals surface area contributed by atoms with Crippen LogP contribution < -0.4 is 4.74 Å². The second kappa shape index (κ2) is 10.2. The largest absolute Gasteiger partial charge is 0.497 e. The lowest BCUT2D eigenvalue weighted by Gasteiger charge is -2.15. The maximum Gasteiger partial charge on any atom is 0.155 e. The molecule has 0 amide bonds. The Bertz CT molecular complexity index is 434. The van der Waals surface area contributed by atoms with E-state index in [9.17, 15) is 0 Å². The lowest BCUT2D eigenvalue weighted by Crippen LogP contribution is -2.14. The molecule has 0 fully saturated rings. The summed E-state index contributed by atoms with van der Waals surface area (Å²) in [6, 6.07) is 7.79. The fraction of sp³-hybridized carbons (Fsp3) is 0.444. The summed E-state index contributed by atoms with van der Waals surface area (Å²) in [5, 5.41) is 0. The summed E-state index contributed by atoms with van der Waals surface area (Å²) in [5.41, 5.74) is 1.98. The first-order valence-electron chi connectivity index (χ1n) is 7.37. The molecule has 3 heteroatoms. The van der Waals surface area contributed by atoms with Crippen LogP contribution >= 0.6 is 0 Å². The lowest BCUT2D eigenvalue weighted by atomic mass is 10.1. The van der Waals surface area contributed by atoms with Gasteiger partial charge in [0.05, 0.1) is 20.3 Å². The van der Waals surface area contributed by atoms with E-state index in [1.54, 1.807) is 7.11 Å². The van der Waals surface area contributed by atoms with Crippen LogP contribution in [-0.4, -0.2) is 26.6 Å². The summed E-state index contributed by atoms with van der Waals surface area (Å²) in [6.07, 6.45) is 6.02. The molecule has 1 unspecified atom stereocenters. The SMILES string of the molecule is C=C(COC(C)OCC/C=C\CC)c1ccc(OC)cc1. The first kappa shape index (κ1) is 17.5. The van der Waals surface area contributed by atoms with Crippen LogP contribution in [0.25, 0.3) is 5.57 Å². The van der Waals surface area contributed by atoms with E-state index in [2.05, 4.69) is 25.7 Å². The molecule has 0 aliphatic heterocycles. The van der Waals surface area contributed by atoms with Crippen molar-refractivity contribution in [2.45, 2.75) is 33.0 Å². The lowest BCUT2D eigenvalue weighted by molar-refractivity contribution is -0.119. The second-order valence-electron chi connectivity index (χ2n) is 4.75. The van der Waals surface area contributed by atoms with Gasteiger partial charge < -0.3 is 14.2 Å². The number of methoxy groups -OCH3 is 1. The standard InChI is InChI=1S/C18H26O3/c1-5-6-7-8-13-20-16(3)21-14-15(2)17-9-11-18(19-4)12-10-17/h6-7,9-12,16H,2,5,8,13-14H2,1,3-4H3/b7-6-. The second-order valence-corrected chi connectivity index (χ2v) is 4.75. The van der Waals surface area contributed by atoms with E-state index in [4.69, 9.17) is 14.2 Å². The fourth-order valence-electron chi connectivity index (χ4n) is 1.76. The highest BCUT2D eigenvalue weighted by atomic mass is 16.7. The first-order valence-corrected chi connectivity index (χ1v) is 7.37. The third-order valence-electron chi connectivity index (χ3n) is 3.03. The third-order valence-corrected chi connectivity index (χ3v) is 3.03. The Labute approximate surface area is 128 Å². The molecular weight excluding hydrogens is 264 g/mol. The summed E-state index contributed by atoms with van der Waals surface area (Å²) < 4.78 is 16.4. The Hall–Kier alpha value is -1.58. The zero-order valence-corrected chi connectivity index (χ0v) is 13.3. The number of rotatable bonds is 10. The number of ether oxygens (including phenoxy) is 3. The molecule has 0 aliphatic carbocycles. The van der Waals surface area contributed by atoms with Gasteiger partial charge in [-0.15, -0.1) is 0 Å². The molecule has 1 aromatic carbocycles. The number of allylic oxidation sites excluding steroid dienone is 1. The highest BCUT2D eigenvalue weighted by Crippen LogP contribution is 2.18. The van der Waals surface area contributed by atoms with E-state index in [1.807, 2.05) is 31.2 Å². The van der Waals surface area contributed by atoms with Crippen molar-refractivity contribution in [1.82, 2.24) is 0 Å². The summed E-state index contributed by atoms with van der Waals surface area (Å²) in [4.78, 5) is 0.